The van der Waals surface area contributed by atoms with Gasteiger partial charge >= 0.3 is 0 Å². The molecule has 0 amide bonds. The highest BCUT2D eigenvalue weighted by molar-refractivity contribution is 9.10. The van der Waals surface area contributed by atoms with Crippen LogP contribution in [0.15, 0.2) is 16.6 Å². The van der Waals surface area contributed by atoms with E-state index in [1.807, 2.05) is 12.1 Å². The summed E-state index contributed by atoms with van der Waals surface area (Å²) >= 11 is 3.46. The zero-order valence-electron chi connectivity index (χ0n) is 11.0. The lowest BCUT2D eigenvalue weighted by molar-refractivity contribution is 0.183. The molecule has 0 bridgehead atoms. The van der Waals surface area contributed by atoms with Gasteiger partial charge in [0.05, 0.1) is 24.8 Å². The van der Waals surface area contributed by atoms with E-state index in [0.29, 0.717) is 11.5 Å². The molecule has 0 heterocycles. The zero-order valence-corrected chi connectivity index (χ0v) is 12.6. The lowest BCUT2D eigenvalue weighted by Gasteiger charge is -2.12. The number of aliphatic hydroxyl groups excluding tert-OH is 1. The molecule has 5 heteroatoms. The van der Waals surface area contributed by atoms with Crippen LogP contribution < -0.4 is 14.8 Å². The van der Waals surface area contributed by atoms with Gasteiger partial charge in [0.1, 0.15) is 0 Å². The Morgan fingerprint density at radius 2 is 2.06 bits per heavy atom. The Hall–Kier alpha value is -0.780. The number of methoxy groups -OCH3 is 2. The minimum Gasteiger partial charge on any atom is -0.493 e. The molecule has 1 atom stereocenters. The number of rotatable bonds is 7. The fourth-order valence-electron chi connectivity index (χ4n) is 1.62. The van der Waals surface area contributed by atoms with Crippen LogP contribution in [0.3, 0.4) is 0 Å². The van der Waals surface area contributed by atoms with Gasteiger partial charge < -0.3 is 19.9 Å². The molecule has 0 fully saturated rings. The molecular weight excluding hydrogens is 298 g/mol. The van der Waals surface area contributed by atoms with Gasteiger partial charge in [0.15, 0.2) is 11.5 Å². The molecule has 0 aromatic heterocycles. The highest BCUT2D eigenvalue weighted by Crippen LogP contribution is 2.36. The Labute approximate surface area is 116 Å². The van der Waals surface area contributed by atoms with Gasteiger partial charge in [0.25, 0.3) is 0 Å². The van der Waals surface area contributed by atoms with Crippen LogP contribution in [0.1, 0.15) is 18.9 Å². The second kappa shape index (κ2) is 7.61. The normalized spacial score (nSPS) is 12.3. The van der Waals surface area contributed by atoms with Crippen molar-refractivity contribution in [3.05, 3.63) is 22.2 Å². The molecule has 0 saturated heterocycles. The maximum absolute atomic E-state index is 9.16. The van der Waals surface area contributed by atoms with E-state index in [1.165, 1.54) is 0 Å². The molecule has 1 rings (SSSR count). The summed E-state index contributed by atoms with van der Waals surface area (Å²) < 4.78 is 11.4. The van der Waals surface area contributed by atoms with Crippen molar-refractivity contribution in [1.29, 1.82) is 0 Å². The quantitative estimate of drug-likeness (QED) is 0.758. The second-order valence-corrected chi connectivity index (χ2v) is 4.98. The summed E-state index contributed by atoms with van der Waals surface area (Å²) in [6, 6.07) is 3.94. The van der Waals surface area contributed by atoms with Crippen LogP contribution in [0.2, 0.25) is 0 Å². The molecular formula is C13H20BrNO3. The number of hydrogen-bond acceptors (Lipinski definition) is 4. The highest BCUT2D eigenvalue weighted by atomic mass is 79.9. The van der Waals surface area contributed by atoms with Crippen molar-refractivity contribution in [3.63, 3.8) is 0 Å². The van der Waals surface area contributed by atoms with E-state index < -0.39 is 0 Å². The average Bonchev–Trinajstić information content (AvgIpc) is 2.33. The third-order valence-electron chi connectivity index (χ3n) is 2.56. The molecule has 1 unspecified atom stereocenters. The summed E-state index contributed by atoms with van der Waals surface area (Å²) in [4.78, 5) is 0. The fraction of sp³-hybridized carbons (Fsp3) is 0.538. The second-order valence-electron chi connectivity index (χ2n) is 4.13. The third kappa shape index (κ3) is 4.48. The Morgan fingerprint density at radius 3 is 2.61 bits per heavy atom. The van der Waals surface area contributed by atoms with Gasteiger partial charge in [-0.3, -0.25) is 0 Å². The van der Waals surface area contributed by atoms with E-state index in [1.54, 1.807) is 21.1 Å². The zero-order chi connectivity index (χ0) is 13.5. The standard InChI is InChI=1S/C13H20BrNO3/c1-9(16)4-5-15-8-10-6-11(14)13(18-3)12(7-10)17-2/h6-7,9,15-16H,4-5,8H2,1-3H3. The molecule has 0 aliphatic carbocycles. The number of ether oxygens (including phenoxy) is 2. The molecule has 102 valence electrons. The summed E-state index contributed by atoms with van der Waals surface area (Å²) in [5.41, 5.74) is 1.10. The van der Waals surface area contributed by atoms with Crippen molar-refractivity contribution in [2.75, 3.05) is 20.8 Å². The summed E-state index contributed by atoms with van der Waals surface area (Å²) in [6.07, 6.45) is 0.476. The van der Waals surface area contributed by atoms with Crippen LogP contribution in [0, 0.1) is 0 Å². The van der Waals surface area contributed by atoms with Crippen LogP contribution in [0.25, 0.3) is 0 Å². The van der Waals surface area contributed by atoms with Crippen molar-refractivity contribution >= 4 is 15.9 Å². The first-order valence-corrected chi connectivity index (χ1v) is 6.67. The molecule has 0 aliphatic rings. The van der Waals surface area contributed by atoms with Crippen LogP contribution in [-0.4, -0.2) is 32.0 Å². The lowest BCUT2D eigenvalue weighted by atomic mass is 10.2. The Balaban J connectivity index is 2.64. The summed E-state index contributed by atoms with van der Waals surface area (Å²) in [7, 11) is 3.23. The lowest BCUT2D eigenvalue weighted by Crippen LogP contribution is -2.18. The van der Waals surface area contributed by atoms with Crippen molar-refractivity contribution < 1.29 is 14.6 Å². The molecule has 0 saturated carbocycles. The summed E-state index contributed by atoms with van der Waals surface area (Å²) in [6.45, 7) is 3.30. The van der Waals surface area contributed by atoms with Gasteiger partial charge in [-0.1, -0.05) is 0 Å². The largest absolute Gasteiger partial charge is 0.493 e. The first-order chi connectivity index (χ1) is 8.58. The van der Waals surface area contributed by atoms with E-state index in [2.05, 4.69) is 21.2 Å². The number of aliphatic hydroxyl groups is 1. The minimum atomic E-state index is -0.269. The van der Waals surface area contributed by atoms with Crippen LogP contribution >= 0.6 is 15.9 Å². The monoisotopic (exact) mass is 317 g/mol. The van der Waals surface area contributed by atoms with Crippen molar-refractivity contribution in [2.45, 2.75) is 26.0 Å². The Kier molecular flexibility index (Phi) is 6.46. The van der Waals surface area contributed by atoms with Crippen LogP contribution in [-0.2, 0) is 6.54 Å². The van der Waals surface area contributed by atoms with Crippen molar-refractivity contribution in [3.8, 4) is 11.5 Å². The summed E-state index contributed by atoms with van der Waals surface area (Å²) in [5, 5.41) is 12.4. The first kappa shape index (κ1) is 15.3. The predicted octanol–water partition coefficient (Wildman–Crippen LogP) is 2.33. The van der Waals surface area contributed by atoms with Gasteiger partial charge in [-0.25, -0.2) is 0 Å². The molecule has 0 radical (unpaired) electrons. The van der Waals surface area contributed by atoms with Crippen LogP contribution in [0.5, 0.6) is 11.5 Å². The topological polar surface area (TPSA) is 50.7 Å². The van der Waals surface area contributed by atoms with Gasteiger partial charge in [-0.15, -0.1) is 0 Å². The third-order valence-corrected chi connectivity index (χ3v) is 3.15. The maximum atomic E-state index is 9.16. The predicted molar refractivity (Wildman–Crippen MR) is 75.3 cm³/mol. The van der Waals surface area contributed by atoms with Crippen molar-refractivity contribution in [2.24, 2.45) is 0 Å². The molecule has 0 spiro atoms. The summed E-state index contributed by atoms with van der Waals surface area (Å²) in [5.74, 6) is 1.41. The highest BCUT2D eigenvalue weighted by Gasteiger charge is 2.10. The van der Waals surface area contributed by atoms with E-state index in [-0.39, 0.29) is 6.10 Å². The first-order valence-electron chi connectivity index (χ1n) is 5.87. The smallest absolute Gasteiger partial charge is 0.174 e. The van der Waals surface area contributed by atoms with E-state index in [0.717, 1.165) is 29.5 Å². The minimum absolute atomic E-state index is 0.269. The van der Waals surface area contributed by atoms with Gasteiger partial charge in [-0.05, 0) is 53.5 Å². The molecule has 18 heavy (non-hydrogen) atoms. The average molecular weight is 318 g/mol. The Morgan fingerprint density at radius 1 is 1.33 bits per heavy atom. The fourth-order valence-corrected chi connectivity index (χ4v) is 2.27. The number of halogens is 1. The molecule has 1 aromatic carbocycles. The van der Waals surface area contributed by atoms with Crippen molar-refractivity contribution in [1.82, 2.24) is 5.32 Å². The van der Waals surface area contributed by atoms with E-state index >= 15 is 0 Å². The Bertz CT molecular complexity index is 383. The number of hydrogen-bond donors (Lipinski definition) is 2. The van der Waals surface area contributed by atoms with E-state index in [9.17, 15) is 0 Å². The molecule has 2 N–H and O–H groups in total. The van der Waals surface area contributed by atoms with Crippen LogP contribution in [0.4, 0.5) is 0 Å². The maximum Gasteiger partial charge on any atom is 0.174 e. The molecule has 4 nitrogen and oxygen atoms in total. The van der Waals surface area contributed by atoms with Gasteiger partial charge in [0, 0.05) is 6.54 Å². The van der Waals surface area contributed by atoms with E-state index in [4.69, 9.17) is 14.6 Å². The number of benzene rings is 1. The molecule has 1 aromatic rings. The van der Waals surface area contributed by atoms with Gasteiger partial charge in [0.2, 0.25) is 0 Å². The molecule has 0 aliphatic heterocycles. The van der Waals surface area contributed by atoms with Gasteiger partial charge in [-0.2, -0.15) is 0 Å². The SMILES string of the molecule is COc1cc(CNCCC(C)O)cc(Br)c1OC. The number of nitrogens with one attached hydrogen (secondary N) is 1.